The van der Waals surface area contributed by atoms with Crippen LogP contribution < -0.4 is 10.2 Å². The number of aliphatic carboxylic acids is 2. The van der Waals surface area contributed by atoms with Crippen LogP contribution in [0.15, 0.2) is 0 Å². The first kappa shape index (κ1) is 29.5. The first-order valence-electron chi connectivity index (χ1n) is 7.21. The van der Waals surface area contributed by atoms with E-state index in [2.05, 4.69) is 41.5 Å². The van der Waals surface area contributed by atoms with Gasteiger partial charge in [-0.3, -0.25) is 0 Å². The van der Waals surface area contributed by atoms with E-state index in [0.29, 0.717) is 15.8 Å². The molecule has 0 saturated carbocycles. The minimum absolute atomic E-state index is 0. The molecule has 0 aromatic rings. The Balaban J connectivity index is -0.000000101. The Morgan fingerprint density at radius 3 is 0.762 bits per heavy atom. The van der Waals surface area contributed by atoms with Gasteiger partial charge in [-0.1, -0.05) is 41.5 Å². The van der Waals surface area contributed by atoms with Crippen molar-refractivity contribution in [3.63, 3.8) is 0 Å². The number of hydrogen-bond donors (Lipinski definition) is 0. The molecule has 0 bridgehead atoms. The molecule has 132 valence electrons. The minimum atomic E-state index is -2.19. The van der Waals surface area contributed by atoms with E-state index in [9.17, 15) is 0 Å². The van der Waals surface area contributed by atoms with Crippen molar-refractivity contribution in [2.75, 3.05) is 37.0 Å². The van der Waals surface area contributed by atoms with E-state index in [1.807, 2.05) is 0 Å². The molecule has 0 atom stereocenters. The summed E-state index contributed by atoms with van der Waals surface area (Å²) in [6, 6.07) is 0. The topological polar surface area (TPSA) is 80.3 Å². The van der Waals surface area contributed by atoms with Gasteiger partial charge in [0.1, 0.15) is 0 Å². The first-order valence-corrected chi connectivity index (χ1v) is 11.0. The monoisotopic (exact) mass is 430 g/mol. The molecule has 0 unspecified atom stereocenters. The molecular weight excluding hydrogens is 401 g/mol. The summed E-state index contributed by atoms with van der Waals surface area (Å²) in [6.45, 7) is 13.7. The molecule has 0 saturated heterocycles. The van der Waals surface area contributed by atoms with Gasteiger partial charge in [0.25, 0.3) is 0 Å². The average molecular weight is 431 g/mol. The zero-order chi connectivity index (χ0) is 16.6. The average Bonchev–Trinajstić information content (AvgIpc) is 2.44. The Hall–Kier alpha value is 0.462. The number of hydrogen-bond acceptors (Lipinski definition) is 4. The molecule has 0 aromatic heterocycles. The number of carbonyl (C=O) groups is 2. The normalized spacial score (nSPS) is 8.95. The van der Waals surface area contributed by atoms with E-state index in [1.54, 1.807) is 0 Å². The van der Waals surface area contributed by atoms with Crippen LogP contribution in [0, 0.1) is 0 Å². The van der Waals surface area contributed by atoms with Crippen LogP contribution in [0.1, 0.15) is 41.5 Å². The molecule has 0 amide bonds. The van der Waals surface area contributed by atoms with E-state index >= 15 is 0 Å². The second kappa shape index (κ2) is 22.7. The van der Waals surface area contributed by atoms with Gasteiger partial charge in [0.2, 0.25) is 0 Å². The van der Waals surface area contributed by atoms with Crippen molar-refractivity contribution in [1.82, 2.24) is 0 Å². The maximum Gasteiger partial charge on any atom is 0.0870 e. The molecule has 0 aromatic carbocycles. The van der Waals surface area contributed by atoms with Crippen LogP contribution in [0.5, 0.6) is 0 Å². The summed E-state index contributed by atoms with van der Waals surface area (Å²) in [7, 11) is 0.892. The molecule has 0 radical (unpaired) electrons. The molecule has 0 rings (SSSR count). The third kappa shape index (κ3) is 25.7. The summed E-state index contributed by atoms with van der Waals surface area (Å²) >= 11 is 0. The molecule has 0 N–H and O–H groups in total. The van der Waals surface area contributed by atoms with Crippen LogP contribution in [0.4, 0.5) is 0 Å². The second-order valence-corrected chi connectivity index (χ2v) is 10.3. The predicted octanol–water partition coefficient (Wildman–Crippen LogP) is 1.54. The molecule has 21 heavy (non-hydrogen) atoms. The molecule has 0 aliphatic rings. The minimum Gasteiger partial charge on any atom is -0.543 e. The molecular formula is C14H30O4P2Pd-2. The van der Waals surface area contributed by atoms with E-state index < -0.39 is 11.9 Å². The quantitative estimate of drug-likeness (QED) is 0.364. The van der Waals surface area contributed by atoms with Gasteiger partial charge < -0.3 is 19.8 Å². The van der Waals surface area contributed by atoms with E-state index in [1.165, 1.54) is 37.0 Å². The van der Waals surface area contributed by atoms with Crippen LogP contribution >= 0.6 is 15.8 Å². The van der Waals surface area contributed by atoms with E-state index in [0.717, 1.165) is 0 Å². The molecule has 0 aliphatic carbocycles. The molecule has 0 heterocycles. The Morgan fingerprint density at radius 1 is 0.619 bits per heavy atom. The van der Waals surface area contributed by atoms with Crippen molar-refractivity contribution >= 4 is 27.8 Å². The third-order valence-electron chi connectivity index (χ3n) is 2.85. The first-order chi connectivity index (χ1) is 9.33. The van der Waals surface area contributed by atoms with Gasteiger partial charge in [-0.2, -0.15) is 0 Å². The molecule has 0 aliphatic heterocycles. The zero-order valence-corrected chi connectivity index (χ0v) is 17.4. The zero-order valence-electron chi connectivity index (χ0n) is 14.1. The Kier molecular flexibility index (Phi) is 31.9. The van der Waals surface area contributed by atoms with Crippen molar-refractivity contribution in [2.45, 2.75) is 41.5 Å². The Labute approximate surface area is 146 Å². The van der Waals surface area contributed by atoms with Gasteiger partial charge >= 0.3 is 0 Å². The fraction of sp³-hybridized carbons (Fsp3) is 0.857. The van der Waals surface area contributed by atoms with Gasteiger partial charge in [-0.05, 0) is 37.0 Å². The fourth-order valence-electron chi connectivity index (χ4n) is 1.34. The largest absolute Gasteiger partial charge is 0.543 e. The number of carbonyl (C=O) groups excluding carboxylic acids is 2. The molecule has 0 fully saturated rings. The molecule has 7 heteroatoms. The molecule has 4 nitrogen and oxygen atoms in total. The Morgan fingerprint density at radius 2 is 0.762 bits per heavy atom. The number of rotatable bonds is 6. The summed E-state index contributed by atoms with van der Waals surface area (Å²) in [5.41, 5.74) is 0. The Bertz CT molecular complexity index is 198. The predicted molar refractivity (Wildman–Crippen MR) is 87.1 cm³/mol. The van der Waals surface area contributed by atoms with Crippen molar-refractivity contribution in [3.8, 4) is 0 Å². The van der Waals surface area contributed by atoms with Gasteiger partial charge in [0.15, 0.2) is 0 Å². The summed E-state index contributed by atoms with van der Waals surface area (Å²) in [6.07, 6.45) is 8.51. The van der Waals surface area contributed by atoms with E-state index in [4.69, 9.17) is 19.8 Å². The van der Waals surface area contributed by atoms with Crippen LogP contribution in [0.3, 0.4) is 0 Å². The maximum absolute atomic E-state index is 8.93. The smallest absolute Gasteiger partial charge is 0.0870 e. The maximum atomic E-state index is 8.93. The molecule has 0 spiro atoms. The summed E-state index contributed by atoms with van der Waals surface area (Å²) < 4.78 is 0. The van der Waals surface area contributed by atoms with Crippen LogP contribution in [0.2, 0.25) is 0 Å². The van der Waals surface area contributed by atoms with Crippen molar-refractivity contribution in [2.24, 2.45) is 0 Å². The van der Waals surface area contributed by atoms with Crippen molar-refractivity contribution in [3.05, 3.63) is 0 Å². The summed E-state index contributed by atoms with van der Waals surface area (Å²) in [4.78, 5) is 17.9. The van der Waals surface area contributed by atoms with Gasteiger partial charge in [-0.15, -0.1) is 15.8 Å². The summed E-state index contributed by atoms with van der Waals surface area (Å²) in [5, 5.41) is 17.9. The fourth-order valence-corrected chi connectivity index (χ4v) is 4.02. The van der Waals surface area contributed by atoms with Gasteiger partial charge in [-0.25, -0.2) is 0 Å². The van der Waals surface area contributed by atoms with E-state index in [-0.39, 0.29) is 20.4 Å². The van der Waals surface area contributed by atoms with Gasteiger partial charge in [0.05, 0.1) is 11.9 Å². The second-order valence-electron chi connectivity index (χ2n) is 3.81. The van der Waals surface area contributed by atoms with Crippen LogP contribution in [0.25, 0.3) is 0 Å². The number of carboxylic acid groups (broad SMARTS) is 2. The standard InChI is InChI=1S/2C6H15P.C2H2O4.Pd/c2*1-4-7(5-2)6-3;3-1(4)2(5)6;/h2*4-6H2,1-3H3;(H,3,4)(H,5,6);/p-2. The SMILES string of the molecule is CCP(CC)CC.CCP(CC)CC.O=C([O-])C(=O)[O-].[Pd]. The third-order valence-corrected chi connectivity index (χ3v) is 8.22. The summed E-state index contributed by atoms with van der Waals surface area (Å²) in [5.74, 6) is -4.37. The van der Waals surface area contributed by atoms with Crippen LogP contribution in [-0.4, -0.2) is 48.9 Å². The van der Waals surface area contributed by atoms with Crippen molar-refractivity contribution < 1.29 is 40.2 Å². The van der Waals surface area contributed by atoms with Crippen molar-refractivity contribution in [1.29, 1.82) is 0 Å². The van der Waals surface area contributed by atoms with Gasteiger partial charge in [0, 0.05) is 20.4 Å². The van der Waals surface area contributed by atoms with Crippen LogP contribution in [-0.2, 0) is 30.0 Å². The number of carboxylic acids is 2.